The van der Waals surface area contributed by atoms with E-state index in [1.807, 2.05) is 24.3 Å². The van der Waals surface area contributed by atoms with Gasteiger partial charge in [0.1, 0.15) is 0 Å². The number of aryl methyl sites for hydroxylation is 1. The van der Waals surface area contributed by atoms with Crippen LogP contribution in [0, 0.1) is 0 Å². The number of halogens is 1. The van der Waals surface area contributed by atoms with Gasteiger partial charge in [-0.15, -0.1) is 0 Å². The van der Waals surface area contributed by atoms with Crippen LogP contribution in [0.2, 0.25) is 0 Å². The molecular weight excluding hydrogens is 270 g/mol. The number of hydrogen-bond donors (Lipinski definition) is 1. The maximum atomic E-state index is 8.71. The van der Waals surface area contributed by atoms with Gasteiger partial charge in [-0.3, -0.25) is 0 Å². The fraction of sp³-hybridized carbons (Fsp3) is 0.250. The number of rotatable bonds is 4. The van der Waals surface area contributed by atoms with Crippen molar-refractivity contribution in [2.24, 2.45) is 0 Å². The number of benzene rings is 1. The largest absolute Gasteiger partial charge is 0.441 e. The van der Waals surface area contributed by atoms with E-state index in [1.165, 1.54) is 0 Å². The molecule has 0 fully saturated rings. The first kappa shape index (κ1) is 11.4. The van der Waals surface area contributed by atoms with E-state index in [1.54, 1.807) is 6.20 Å². The van der Waals surface area contributed by atoms with Crippen molar-refractivity contribution in [1.29, 1.82) is 0 Å². The molecule has 1 heterocycles. The van der Waals surface area contributed by atoms with Crippen LogP contribution in [0.25, 0.3) is 11.3 Å². The quantitative estimate of drug-likeness (QED) is 0.937. The molecule has 0 bridgehead atoms. The molecule has 16 heavy (non-hydrogen) atoms. The van der Waals surface area contributed by atoms with Crippen molar-refractivity contribution in [2.75, 3.05) is 6.61 Å². The zero-order valence-electron chi connectivity index (χ0n) is 8.69. The lowest BCUT2D eigenvalue weighted by Crippen LogP contribution is -1.88. The highest BCUT2D eigenvalue weighted by molar-refractivity contribution is 9.10. The van der Waals surface area contributed by atoms with E-state index in [0.29, 0.717) is 18.7 Å². The number of aliphatic hydroxyl groups excluding tert-OH is 1. The summed E-state index contributed by atoms with van der Waals surface area (Å²) in [6.45, 7) is 0.161. The Balaban J connectivity index is 2.18. The van der Waals surface area contributed by atoms with Gasteiger partial charge in [-0.2, -0.15) is 0 Å². The van der Waals surface area contributed by atoms with Crippen LogP contribution in [0.4, 0.5) is 0 Å². The van der Waals surface area contributed by atoms with E-state index in [0.717, 1.165) is 15.8 Å². The van der Waals surface area contributed by atoms with Gasteiger partial charge in [0.25, 0.3) is 0 Å². The second-order valence-corrected chi connectivity index (χ2v) is 4.37. The van der Waals surface area contributed by atoms with Gasteiger partial charge in [0.15, 0.2) is 11.7 Å². The fourth-order valence-corrected chi connectivity index (χ4v) is 1.83. The summed E-state index contributed by atoms with van der Waals surface area (Å²) >= 11 is 3.41. The van der Waals surface area contributed by atoms with Crippen LogP contribution < -0.4 is 0 Å². The Kier molecular flexibility index (Phi) is 3.74. The van der Waals surface area contributed by atoms with Crippen LogP contribution in [0.5, 0.6) is 0 Å². The first-order valence-corrected chi connectivity index (χ1v) is 5.90. The van der Waals surface area contributed by atoms with Crippen LogP contribution in [0.15, 0.2) is 39.4 Å². The van der Waals surface area contributed by atoms with Crippen molar-refractivity contribution >= 4 is 15.9 Å². The van der Waals surface area contributed by atoms with E-state index < -0.39 is 0 Å². The minimum atomic E-state index is 0.161. The van der Waals surface area contributed by atoms with E-state index in [9.17, 15) is 0 Å². The minimum Gasteiger partial charge on any atom is -0.441 e. The topological polar surface area (TPSA) is 46.3 Å². The number of oxazole rings is 1. The lowest BCUT2D eigenvalue weighted by Gasteiger charge is -1.96. The number of aliphatic hydroxyl groups is 1. The number of hydrogen-bond acceptors (Lipinski definition) is 3. The predicted molar refractivity (Wildman–Crippen MR) is 65.0 cm³/mol. The maximum absolute atomic E-state index is 8.71. The van der Waals surface area contributed by atoms with Gasteiger partial charge in [0.2, 0.25) is 0 Å². The Morgan fingerprint density at radius 3 is 3.00 bits per heavy atom. The minimum absolute atomic E-state index is 0.161. The van der Waals surface area contributed by atoms with Crippen LogP contribution in [0.1, 0.15) is 12.3 Å². The molecule has 0 spiro atoms. The third kappa shape index (κ3) is 2.71. The predicted octanol–water partition coefficient (Wildman–Crippen LogP) is 3.03. The summed E-state index contributed by atoms with van der Waals surface area (Å²) in [5, 5.41) is 8.71. The summed E-state index contributed by atoms with van der Waals surface area (Å²) in [6, 6.07) is 7.87. The van der Waals surface area contributed by atoms with Gasteiger partial charge in [0, 0.05) is 23.1 Å². The monoisotopic (exact) mass is 281 g/mol. The molecule has 0 amide bonds. The maximum Gasteiger partial charge on any atom is 0.194 e. The molecule has 0 saturated carbocycles. The van der Waals surface area contributed by atoms with E-state index >= 15 is 0 Å². The zero-order valence-corrected chi connectivity index (χ0v) is 10.3. The zero-order chi connectivity index (χ0) is 11.4. The molecule has 0 aliphatic carbocycles. The summed E-state index contributed by atoms with van der Waals surface area (Å²) in [4.78, 5) is 4.17. The van der Waals surface area contributed by atoms with Gasteiger partial charge in [-0.1, -0.05) is 28.1 Å². The van der Waals surface area contributed by atoms with E-state index in [2.05, 4.69) is 20.9 Å². The van der Waals surface area contributed by atoms with Gasteiger partial charge < -0.3 is 9.52 Å². The first-order chi connectivity index (χ1) is 7.79. The summed E-state index contributed by atoms with van der Waals surface area (Å²) in [5.74, 6) is 1.43. The van der Waals surface area contributed by atoms with Crippen molar-refractivity contribution in [3.8, 4) is 11.3 Å². The van der Waals surface area contributed by atoms with Crippen LogP contribution >= 0.6 is 15.9 Å². The summed E-state index contributed by atoms with van der Waals surface area (Å²) in [7, 11) is 0. The lowest BCUT2D eigenvalue weighted by molar-refractivity contribution is 0.283. The molecule has 1 N–H and O–H groups in total. The van der Waals surface area contributed by atoms with Crippen LogP contribution in [0.3, 0.4) is 0 Å². The molecule has 2 rings (SSSR count). The Labute approximate surface area is 102 Å². The molecule has 1 aromatic carbocycles. The molecule has 0 unspecified atom stereocenters. The molecule has 2 aromatic rings. The average Bonchev–Trinajstić information content (AvgIpc) is 2.75. The first-order valence-electron chi connectivity index (χ1n) is 5.11. The highest BCUT2D eigenvalue weighted by Crippen LogP contribution is 2.23. The van der Waals surface area contributed by atoms with Crippen LogP contribution in [-0.4, -0.2) is 16.7 Å². The Bertz CT molecular complexity index is 468. The smallest absolute Gasteiger partial charge is 0.194 e. The van der Waals surface area contributed by atoms with Crippen molar-refractivity contribution in [1.82, 2.24) is 4.98 Å². The van der Waals surface area contributed by atoms with Crippen molar-refractivity contribution in [3.05, 3.63) is 40.8 Å². The van der Waals surface area contributed by atoms with Gasteiger partial charge in [-0.05, 0) is 18.6 Å². The van der Waals surface area contributed by atoms with Crippen molar-refractivity contribution < 1.29 is 9.52 Å². The normalized spacial score (nSPS) is 10.6. The number of aromatic nitrogens is 1. The standard InChI is InChI=1S/C12H12BrNO2/c13-10-4-1-3-9(7-10)11-8-14-12(16-11)5-2-6-15/h1,3-4,7-8,15H,2,5-6H2. The Morgan fingerprint density at radius 1 is 1.38 bits per heavy atom. The number of nitrogens with zero attached hydrogens (tertiary/aromatic N) is 1. The Morgan fingerprint density at radius 2 is 2.25 bits per heavy atom. The van der Waals surface area contributed by atoms with Crippen molar-refractivity contribution in [2.45, 2.75) is 12.8 Å². The third-order valence-electron chi connectivity index (χ3n) is 2.21. The highest BCUT2D eigenvalue weighted by atomic mass is 79.9. The molecule has 0 atom stereocenters. The van der Waals surface area contributed by atoms with Gasteiger partial charge in [-0.25, -0.2) is 4.98 Å². The molecule has 3 nitrogen and oxygen atoms in total. The second-order valence-electron chi connectivity index (χ2n) is 3.46. The SMILES string of the molecule is OCCCc1ncc(-c2cccc(Br)c2)o1. The molecule has 0 aliphatic heterocycles. The molecule has 84 valence electrons. The summed E-state index contributed by atoms with van der Waals surface area (Å²) in [5.41, 5.74) is 0.997. The molecule has 0 radical (unpaired) electrons. The summed E-state index contributed by atoms with van der Waals surface area (Å²) < 4.78 is 6.60. The molecule has 4 heteroatoms. The van der Waals surface area contributed by atoms with E-state index in [4.69, 9.17) is 9.52 Å². The molecule has 1 aromatic heterocycles. The van der Waals surface area contributed by atoms with Gasteiger partial charge >= 0.3 is 0 Å². The average molecular weight is 282 g/mol. The molecule has 0 aliphatic rings. The van der Waals surface area contributed by atoms with E-state index in [-0.39, 0.29) is 6.61 Å². The van der Waals surface area contributed by atoms with Crippen molar-refractivity contribution in [3.63, 3.8) is 0 Å². The highest BCUT2D eigenvalue weighted by Gasteiger charge is 2.06. The molecular formula is C12H12BrNO2. The summed E-state index contributed by atoms with van der Waals surface area (Å²) in [6.07, 6.45) is 3.07. The third-order valence-corrected chi connectivity index (χ3v) is 2.70. The lowest BCUT2D eigenvalue weighted by atomic mass is 10.2. The second kappa shape index (κ2) is 5.27. The molecule has 0 saturated heterocycles. The fourth-order valence-electron chi connectivity index (χ4n) is 1.43. The van der Waals surface area contributed by atoms with Gasteiger partial charge in [0.05, 0.1) is 6.20 Å². The Hall–Kier alpha value is -1.13. The van der Waals surface area contributed by atoms with Crippen LogP contribution in [-0.2, 0) is 6.42 Å².